The van der Waals surface area contributed by atoms with Gasteiger partial charge in [0.2, 0.25) is 5.91 Å². The van der Waals surface area contributed by atoms with Gasteiger partial charge in [0.1, 0.15) is 0 Å². The SMILES string of the molecule is CCCC/C=C\C/C=C\CCCCCCCC/C(CCCCCCCC/C=C\C/C=C\CCCCC)=N\NC(C)=O. The molecule has 0 atom stereocenters. The zero-order valence-electron chi connectivity index (χ0n) is 27.7. The van der Waals surface area contributed by atoms with Crippen LogP contribution in [0.4, 0.5) is 0 Å². The summed E-state index contributed by atoms with van der Waals surface area (Å²) in [5.41, 5.74) is 3.86. The van der Waals surface area contributed by atoms with E-state index in [1.807, 2.05) is 0 Å². The van der Waals surface area contributed by atoms with E-state index in [1.54, 1.807) is 6.92 Å². The topological polar surface area (TPSA) is 41.5 Å². The first-order valence-electron chi connectivity index (χ1n) is 17.6. The van der Waals surface area contributed by atoms with Gasteiger partial charge in [-0.25, -0.2) is 5.43 Å². The van der Waals surface area contributed by atoms with Gasteiger partial charge in [-0.3, -0.25) is 4.79 Å². The fraction of sp³-hybridized carbons (Fsp3) is 0.737. The van der Waals surface area contributed by atoms with E-state index in [-0.39, 0.29) is 5.91 Å². The summed E-state index contributed by atoms with van der Waals surface area (Å²) in [5.74, 6) is -0.0684. The van der Waals surface area contributed by atoms with Gasteiger partial charge in [-0.1, -0.05) is 140 Å². The summed E-state index contributed by atoms with van der Waals surface area (Å²) in [4.78, 5) is 11.4. The van der Waals surface area contributed by atoms with E-state index in [9.17, 15) is 4.79 Å². The van der Waals surface area contributed by atoms with Gasteiger partial charge in [0, 0.05) is 12.6 Å². The number of rotatable bonds is 30. The number of allylic oxidation sites excluding steroid dienone is 8. The van der Waals surface area contributed by atoms with Crippen LogP contribution in [0.3, 0.4) is 0 Å². The lowest BCUT2D eigenvalue weighted by Crippen LogP contribution is -2.16. The van der Waals surface area contributed by atoms with Gasteiger partial charge in [0.15, 0.2) is 0 Å². The molecule has 0 fully saturated rings. The van der Waals surface area contributed by atoms with Crippen molar-refractivity contribution >= 4 is 11.6 Å². The summed E-state index contributed by atoms with van der Waals surface area (Å²) >= 11 is 0. The van der Waals surface area contributed by atoms with Crippen LogP contribution in [0, 0.1) is 0 Å². The van der Waals surface area contributed by atoms with Crippen molar-refractivity contribution in [1.29, 1.82) is 0 Å². The van der Waals surface area contributed by atoms with Gasteiger partial charge in [0.25, 0.3) is 0 Å². The Labute approximate surface area is 256 Å². The minimum absolute atomic E-state index is 0.0684. The quantitative estimate of drug-likeness (QED) is 0.0398. The highest BCUT2D eigenvalue weighted by molar-refractivity contribution is 5.85. The van der Waals surface area contributed by atoms with Crippen LogP contribution in [-0.4, -0.2) is 11.6 Å². The number of hydrogen-bond donors (Lipinski definition) is 1. The fourth-order valence-electron chi connectivity index (χ4n) is 4.84. The first kappa shape index (κ1) is 39.1. The number of unbranched alkanes of at least 4 members (excludes halogenated alkanes) is 17. The molecule has 1 amide bonds. The molecule has 0 rings (SSSR count). The Balaban J connectivity index is 3.75. The molecule has 0 bridgehead atoms. The van der Waals surface area contributed by atoms with E-state index < -0.39 is 0 Å². The molecule has 0 aliphatic carbocycles. The predicted octanol–water partition coefficient (Wildman–Crippen LogP) is 12.5. The molecule has 0 radical (unpaired) electrons. The lowest BCUT2D eigenvalue weighted by Gasteiger charge is -2.07. The molecule has 0 aliphatic rings. The molecule has 236 valence electrons. The van der Waals surface area contributed by atoms with E-state index in [0.717, 1.165) is 25.7 Å². The van der Waals surface area contributed by atoms with Gasteiger partial charge in [-0.2, -0.15) is 5.10 Å². The lowest BCUT2D eigenvalue weighted by atomic mass is 10.0. The molecule has 0 aliphatic heterocycles. The third kappa shape index (κ3) is 34.2. The first-order chi connectivity index (χ1) is 20.2. The summed E-state index contributed by atoms with van der Waals surface area (Å²) in [5, 5.41) is 4.43. The molecule has 0 aromatic carbocycles. The highest BCUT2D eigenvalue weighted by atomic mass is 16.2. The zero-order valence-corrected chi connectivity index (χ0v) is 27.7. The van der Waals surface area contributed by atoms with Crippen molar-refractivity contribution in [1.82, 2.24) is 5.43 Å². The van der Waals surface area contributed by atoms with E-state index in [4.69, 9.17) is 0 Å². The number of hydrazone groups is 1. The third-order valence-corrected chi connectivity index (χ3v) is 7.45. The Kier molecular flexibility index (Phi) is 32.7. The monoisotopic (exact) mass is 569 g/mol. The van der Waals surface area contributed by atoms with Gasteiger partial charge in [-0.05, 0) is 83.5 Å². The summed E-state index contributed by atoms with van der Waals surface area (Å²) in [6.07, 6.45) is 49.7. The molecule has 0 saturated carbocycles. The van der Waals surface area contributed by atoms with Crippen molar-refractivity contribution < 1.29 is 4.79 Å². The van der Waals surface area contributed by atoms with Gasteiger partial charge in [-0.15, -0.1) is 0 Å². The highest BCUT2D eigenvalue weighted by Crippen LogP contribution is 2.14. The van der Waals surface area contributed by atoms with Crippen molar-refractivity contribution in [3.63, 3.8) is 0 Å². The van der Waals surface area contributed by atoms with Crippen molar-refractivity contribution in [2.75, 3.05) is 0 Å². The standard InChI is InChI=1S/C38H68N2O/c1-4-6-8-10-12-14-16-18-20-22-24-26-28-30-32-34-36-38(40-39-37(3)41)35-33-31-29-27-25-23-21-19-17-15-13-11-9-7-5-2/h11-14,17-20H,4-10,15-16,21-36H2,1-3H3,(H,39,41)/b13-11-,14-12-,19-17-,20-18-,40-38+. The third-order valence-electron chi connectivity index (χ3n) is 7.45. The fourth-order valence-corrected chi connectivity index (χ4v) is 4.84. The average molecular weight is 569 g/mol. The second-order valence-electron chi connectivity index (χ2n) is 11.7. The normalized spacial score (nSPS) is 12.6. The molecular weight excluding hydrogens is 500 g/mol. The highest BCUT2D eigenvalue weighted by Gasteiger charge is 2.02. The number of carbonyl (C=O) groups excluding carboxylic acids is 1. The van der Waals surface area contributed by atoms with Crippen LogP contribution in [0.2, 0.25) is 0 Å². The van der Waals surface area contributed by atoms with Crippen LogP contribution in [0.1, 0.15) is 181 Å². The lowest BCUT2D eigenvalue weighted by molar-refractivity contribution is -0.118. The van der Waals surface area contributed by atoms with E-state index in [2.05, 4.69) is 73.0 Å². The van der Waals surface area contributed by atoms with Crippen LogP contribution in [0.25, 0.3) is 0 Å². The van der Waals surface area contributed by atoms with E-state index in [0.29, 0.717) is 0 Å². The molecular formula is C38H68N2O. The minimum atomic E-state index is -0.0684. The minimum Gasteiger partial charge on any atom is -0.274 e. The summed E-state index contributed by atoms with van der Waals surface area (Å²) in [7, 11) is 0. The molecule has 0 saturated heterocycles. The molecule has 41 heavy (non-hydrogen) atoms. The maximum atomic E-state index is 11.4. The molecule has 1 N–H and O–H groups in total. The maximum absolute atomic E-state index is 11.4. The van der Waals surface area contributed by atoms with Gasteiger partial charge in [0.05, 0.1) is 0 Å². The molecule has 3 heteroatoms. The van der Waals surface area contributed by atoms with Crippen molar-refractivity contribution in [3.8, 4) is 0 Å². The molecule has 0 spiro atoms. The number of nitrogens with zero attached hydrogens (tertiary/aromatic N) is 1. The predicted molar refractivity (Wildman–Crippen MR) is 185 cm³/mol. The second kappa shape index (κ2) is 34.3. The Hall–Kier alpha value is -1.90. The summed E-state index contributed by atoms with van der Waals surface area (Å²) < 4.78 is 0. The second-order valence-corrected chi connectivity index (χ2v) is 11.7. The van der Waals surface area contributed by atoms with Crippen molar-refractivity contribution in [2.45, 2.75) is 181 Å². The van der Waals surface area contributed by atoms with Crippen molar-refractivity contribution in [3.05, 3.63) is 48.6 Å². The van der Waals surface area contributed by atoms with Crippen LogP contribution in [-0.2, 0) is 4.79 Å². The van der Waals surface area contributed by atoms with Crippen LogP contribution >= 0.6 is 0 Å². The van der Waals surface area contributed by atoms with Crippen molar-refractivity contribution in [2.24, 2.45) is 5.10 Å². The van der Waals surface area contributed by atoms with Gasteiger partial charge < -0.3 is 0 Å². The molecule has 0 aromatic rings. The molecule has 3 nitrogen and oxygen atoms in total. The number of nitrogens with one attached hydrogen (secondary N) is 1. The van der Waals surface area contributed by atoms with Crippen LogP contribution < -0.4 is 5.43 Å². The Morgan fingerprint density at radius 1 is 0.488 bits per heavy atom. The molecule has 0 unspecified atom stereocenters. The smallest absolute Gasteiger partial charge is 0.236 e. The number of carbonyl (C=O) groups is 1. The maximum Gasteiger partial charge on any atom is 0.236 e. The Bertz CT molecular complexity index is 701. The molecule has 0 heterocycles. The Morgan fingerprint density at radius 3 is 1.27 bits per heavy atom. The van der Waals surface area contributed by atoms with E-state index in [1.165, 1.54) is 141 Å². The van der Waals surface area contributed by atoms with Gasteiger partial charge >= 0.3 is 0 Å². The van der Waals surface area contributed by atoms with Crippen LogP contribution in [0.15, 0.2) is 53.7 Å². The number of hydrogen-bond acceptors (Lipinski definition) is 2. The summed E-state index contributed by atoms with van der Waals surface area (Å²) in [6, 6.07) is 0. The largest absolute Gasteiger partial charge is 0.274 e. The van der Waals surface area contributed by atoms with E-state index >= 15 is 0 Å². The molecule has 0 aromatic heterocycles. The zero-order chi connectivity index (χ0) is 29.9. The number of amides is 1. The van der Waals surface area contributed by atoms with Crippen LogP contribution in [0.5, 0.6) is 0 Å². The Morgan fingerprint density at radius 2 is 0.854 bits per heavy atom. The first-order valence-corrected chi connectivity index (χ1v) is 17.6. The summed E-state index contributed by atoms with van der Waals surface area (Å²) in [6.45, 7) is 6.04. The average Bonchev–Trinajstić information content (AvgIpc) is 2.97.